The molecule has 0 aliphatic carbocycles. The number of piperidine rings is 1. The number of fused-ring (bicyclic) bond motifs is 1. The molecule has 7 nitrogen and oxygen atoms in total. The Morgan fingerprint density at radius 3 is 2.83 bits per heavy atom. The molecule has 1 aliphatic rings. The fraction of sp³-hybridized carbons (Fsp3) is 0.471. The van der Waals surface area contributed by atoms with Crippen molar-refractivity contribution in [3.63, 3.8) is 0 Å². The average Bonchev–Trinajstić information content (AvgIpc) is 3.14. The summed E-state index contributed by atoms with van der Waals surface area (Å²) in [6.45, 7) is 5.65. The van der Waals surface area contributed by atoms with Gasteiger partial charge in [0, 0.05) is 49.9 Å². The summed E-state index contributed by atoms with van der Waals surface area (Å²) in [5.74, 6) is 1.84. The number of hydrogen-bond donors (Lipinski definition) is 1. The van der Waals surface area contributed by atoms with Gasteiger partial charge >= 0.3 is 0 Å². The number of hydrogen-bond acceptors (Lipinski definition) is 5. The molecule has 1 aliphatic heterocycles. The zero-order valence-corrected chi connectivity index (χ0v) is 14.3. The van der Waals surface area contributed by atoms with E-state index >= 15 is 0 Å². The Bertz CT molecular complexity index is 896. The van der Waals surface area contributed by atoms with Crippen LogP contribution in [0, 0.1) is 13.8 Å². The molecule has 7 heteroatoms. The maximum Gasteiger partial charge on any atom is 0.160 e. The van der Waals surface area contributed by atoms with Crippen LogP contribution in [0.5, 0.6) is 0 Å². The Hall–Kier alpha value is -2.41. The largest absolute Gasteiger partial charge is 0.391 e. The molecule has 1 atom stereocenters. The molecule has 1 fully saturated rings. The van der Waals surface area contributed by atoms with Crippen molar-refractivity contribution in [1.82, 2.24) is 24.1 Å². The van der Waals surface area contributed by atoms with Crippen LogP contribution in [0.15, 0.2) is 18.5 Å². The highest BCUT2D eigenvalue weighted by Crippen LogP contribution is 2.28. The third-order valence-electron chi connectivity index (χ3n) is 4.80. The van der Waals surface area contributed by atoms with Gasteiger partial charge in [0.05, 0.1) is 6.10 Å². The Labute approximate surface area is 140 Å². The standard InChI is InChI=1S/C17H22N6O/c1-11-12(2)19-15-9-14(16-18-6-8-21(16)3)20-23(15)17(11)22-7-4-5-13(24)10-22/h6,8-9,13,24H,4-5,7,10H2,1-3H3/t13-/m0/s1. The summed E-state index contributed by atoms with van der Waals surface area (Å²) < 4.78 is 3.84. The van der Waals surface area contributed by atoms with Gasteiger partial charge in [-0.3, -0.25) is 0 Å². The molecule has 1 saturated heterocycles. The van der Waals surface area contributed by atoms with E-state index in [1.807, 2.05) is 35.3 Å². The third-order valence-corrected chi connectivity index (χ3v) is 4.80. The van der Waals surface area contributed by atoms with E-state index in [-0.39, 0.29) is 6.10 Å². The quantitative estimate of drug-likeness (QED) is 0.776. The minimum atomic E-state index is -0.286. The molecule has 1 N–H and O–H groups in total. The second-order valence-corrected chi connectivity index (χ2v) is 6.55. The normalized spacial score (nSPS) is 18.5. The van der Waals surface area contributed by atoms with Crippen LogP contribution in [0.4, 0.5) is 5.82 Å². The lowest BCUT2D eigenvalue weighted by molar-refractivity contribution is 0.153. The van der Waals surface area contributed by atoms with E-state index in [0.29, 0.717) is 6.54 Å². The van der Waals surface area contributed by atoms with Gasteiger partial charge in [0.2, 0.25) is 0 Å². The molecule has 0 amide bonds. The summed E-state index contributed by atoms with van der Waals surface area (Å²) in [7, 11) is 1.96. The Morgan fingerprint density at radius 1 is 1.29 bits per heavy atom. The monoisotopic (exact) mass is 326 g/mol. The van der Waals surface area contributed by atoms with Crippen molar-refractivity contribution in [2.75, 3.05) is 18.0 Å². The highest BCUT2D eigenvalue weighted by Gasteiger charge is 2.24. The van der Waals surface area contributed by atoms with Crippen LogP contribution in [0.25, 0.3) is 17.2 Å². The highest BCUT2D eigenvalue weighted by atomic mass is 16.3. The van der Waals surface area contributed by atoms with Gasteiger partial charge in [-0.2, -0.15) is 9.61 Å². The lowest BCUT2D eigenvalue weighted by atomic mass is 10.1. The van der Waals surface area contributed by atoms with Gasteiger partial charge in [-0.15, -0.1) is 0 Å². The van der Waals surface area contributed by atoms with E-state index in [1.165, 1.54) is 0 Å². The molecule has 0 unspecified atom stereocenters. The lowest BCUT2D eigenvalue weighted by Gasteiger charge is -2.33. The van der Waals surface area contributed by atoms with Crippen molar-refractivity contribution in [2.45, 2.75) is 32.8 Å². The molecule has 24 heavy (non-hydrogen) atoms. The van der Waals surface area contributed by atoms with Gasteiger partial charge in [-0.25, -0.2) is 9.97 Å². The first kappa shape index (κ1) is 15.1. The molecule has 0 bridgehead atoms. The first-order valence-electron chi connectivity index (χ1n) is 8.32. The first-order chi connectivity index (χ1) is 11.5. The number of nitrogens with zero attached hydrogens (tertiary/aromatic N) is 6. The molecule has 0 spiro atoms. The van der Waals surface area contributed by atoms with E-state index < -0.39 is 0 Å². The van der Waals surface area contributed by atoms with Crippen LogP contribution in [0.3, 0.4) is 0 Å². The van der Waals surface area contributed by atoms with E-state index in [9.17, 15) is 5.11 Å². The van der Waals surface area contributed by atoms with Gasteiger partial charge in [0.25, 0.3) is 0 Å². The SMILES string of the molecule is Cc1nc2cc(-c3nccn3C)nn2c(N2CCC[C@H](O)C2)c1C. The Morgan fingerprint density at radius 2 is 2.12 bits per heavy atom. The minimum absolute atomic E-state index is 0.286. The number of aliphatic hydroxyl groups excluding tert-OH is 1. The van der Waals surface area contributed by atoms with Crippen molar-refractivity contribution in [3.8, 4) is 11.5 Å². The molecule has 4 rings (SSSR count). The predicted octanol–water partition coefficient (Wildman–Crippen LogP) is 1.71. The number of β-amino-alcohol motifs (C(OH)–C–C–N with tert-alkyl or cyclic N) is 1. The van der Waals surface area contributed by atoms with Gasteiger partial charge in [0.1, 0.15) is 11.5 Å². The van der Waals surface area contributed by atoms with Crippen molar-refractivity contribution >= 4 is 11.5 Å². The summed E-state index contributed by atoms with van der Waals surface area (Å²) in [5.41, 5.74) is 3.71. The maximum absolute atomic E-state index is 10.1. The topological polar surface area (TPSA) is 71.5 Å². The number of aryl methyl sites for hydroxylation is 2. The van der Waals surface area contributed by atoms with Crippen LogP contribution in [0.1, 0.15) is 24.1 Å². The maximum atomic E-state index is 10.1. The van der Waals surface area contributed by atoms with Crippen molar-refractivity contribution in [2.24, 2.45) is 7.05 Å². The molecule has 4 heterocycles. The number of aromatic nitrogens is 5. The van der Waals surface area contributed by atoms with E-state index in [0.717, 1.165) is 53.6 Å². The van der Waals surface area contributed by atoms with Crippen molar-refractivity contribution in [3.05, 3.63) is 29.7 Å². The van der Waals surface area contributed by atoms with Crippen molar-refractivity contribution in [1.29, 1.82) is 0 Å². The molecule has 126 valence electrons. The molecule has 0 radical (unpaired) electrons. The van der Waals surface area contributed by atoms with Gasteiger partial charge in [0.15, 0.2) is 11.5 Å². The fourth-order valence-corrected chi connectivity index (χ4v) is 3.42. The molecule has 3 aromatic rings. The summed E-state index contributed by atoms with van der Waals surface area (Å²) in [4.78, 5) is 11.3. The second-order valence-electron chi connectivity index (χ2n) is 6.55. The Balaban J connectivity index is 1.90. The molecule has 3 aromatic heterocycles. The number of anilines is 1. The third kappa shape index (κ3) is 2.36. The Kier molecular flexibility index (Phi) is 3.53. The fourth-order valence-electron chi connectivity index (χ4n) is 3.42. The summed E-state index contributed by atoms with van der Waals surface area (Å²) in [6, 6.07) is 1.97. The van der Waals surface area contributed by atoms with E-state index in [4.69, 9.17) is 5.10 Å². The van der Waals surface area contributed by atoms with Crippen LogP contribution in [-0.4, -0.2) is 48.4 Å². The van der Waals surface area contributed by atoms with Crippen LogP contribution in [0.2, 0.25) is 0 Å². The highest BCUT2D eigenvalue weighted by molar-refractivity contribution is 5.63. The summed E-state index contributed by atoms with van der Waals surface area (Å²) in [6.07, 6.45) is 5.24. The smallest absolute Gasteiger partial charge is 0.160 e. The zero-order valence-electron chi connectivity index (χ0n) is 14.3. The van der Waals surface area contributed by atoms with Crippen LogP contribution in [-0.2, 0) is 7.05 Å². The lowest BCUT2D eigenvalue weighted by Crippen LogP contribution is -2.40. The zero-order chi connectivity index (χ0) is 16.8. The number of imidazole rings is 1. The first-order valence-corrected chi connectivity index (χ1v) is 8.32. The predicted molar refractivity (Wildman–Crippen MR) is 92.1 cm³/mol. The van der Waals surface area contributed by atoms with Gasteiger partial charge < -0.3 is 14.6 Å². The number of rotatable bonds is 2. The van der Waals surface area contributed by atoms with E-state index in [2.05, 4.69) is 21.8 Å². The van der Waals surface area contributed by atoms with Gasteiger partial charge in [-0.05, 0) is 26.7 Å². The van der Waals surface area contributed by atoms with Gasteiger partial charge in [-0.1, -0.05) is 0 Å². The molecular weight excluding hydrogens is 304 g/mol. The molecule has 0 aromatic carbocycles. The van der Waals surface area contributed by atoms with Crippen molar-refractivity contribution < 1.29 is 5.11 Å². The molecular formula is C17H22N6O. The summed E-state index contributed by atoms with van der Waals surface area (Å²) >= 11 is 0. The summed E-state index contributed by atoms with van der Waals surface area (Å²) in [5, 5.41) is 14.8. The second kappa shape index (κ2) is 5.59. The average molecular weight is 326 g/mol. The van der Waals surface area contributed by atoms with E-state index in [1.54, 1.807) is 6.20 Å². The molecule has 0 saturated carbocycles. The minimum Gasteiger partial charge on any atom is -0.391 e. The van der Waals surface area contributed by atoms with Crippen LogP contribution < -0.4 is 4.90 Å². The number of aliphatic hydroxyl groups is 1. The van der Waals surface area contributed by atoms with Crippen LogP contribution >= 0.6 is 0 Å².